The molecule has 118 valence electrons. The summed E-state index contributed by atoms with van der Waals surface area (Å²) < 4.78 is 22.8. The molecule has 23 heavy (non-hydrogen) atoms. The van der Waals surface area contributed by atoms with Crippen LogP contribution in [-0.2, 0) is 16.4 Å². The Bertz CT molecular complexity index is 957. The van der Waals surface area contributed by atoms with E-state index in [1.807, 2.05) is 18.2 Å². The average Bonchev–Trinajstić information content (AvgIpc) is 3.00. The Morgan fingerprint density at radius 1 is 1.09 bits per heavy atom. The maximum Gasteiger partial charge on any atom is 0.252 e. The zero-order chi connectivity index (χ0) is 16.4. The molecule has 1 heterocycles. The lowest BCUT2D eigenvalue weighted by atomic mass is 10.1. The van der Waals surface area contributed by atoms with E-state index in [-0.39, 0.29) is 10.8 Å². The molecule has 3 aromatic rings. The number of fused-ring (bicyclic) bond motifs is 1. The topological polar surface area (TPSA) is 79.0 Å². The van der Waals surface area contributed by atoms with Crippen LogP contribution >= 0.6 is 0 Å². The molecule has 0 saturated heterocycles. The molecule has 6 heteroatoms. The van der Waals surface area contributed by atoms with Crippen LogP contribution in [0.1, 0.15) is 15.9 Å². The molecule has 0 radical (unpaired) electrons. The normalized spacial score (nSPS) is 11.5. The molecular formula is C17H16N2O3S. The van der Waals surface area contributed by atoms with Crippen molar-refractivity contribution in [1.82, 2.24) is 10.3 Å². The average molecular weight is 328 g/mol. The minimum absolute atomic E-state index is 0.164. The fraction of sp³-hybridized carbons (Fsp3) is 0.118. The summed E-state index contributed by atoms with van der Waals surface area (Å²) in [6, 6.07) is 13.9. The fourth-order valence-electron chi connectivity index (χ4n) is 2.42. The molecule has 0 saturated carbocycles. The number of hydrogen-bond donors (Lipinski definition) is 2. The van der Waals surface area contributed by atoms with Crippen molar-refractivity contribution in [1.29, 1.82) is 0 Å². The van der Waals surface area contributed by atoms with Crippen LogP contribution in [0.3, 0.4) is 0 Å². The van der Waals surface area contributed by atoms with Crippen molar-refractivity contribution in [3.8, 4) is 0 Å². The molecule has 2 N–H and O–H groups in total. The maximum absolute atomic E-state index is 12.3. The van der Waals surface area contributed by atoms with Crippen molar-refractivity contribution >= 4 is 26.6 Å². The van der Waals surface area contributed by atoms with Gasteiger partial charge in [-0.15, -0.1) is 0 Å². The van der Waals surface area contributed by atoms with Gasteiger partial charge in [0.15, 0.2) is 9.84 Å². The first-order chi connectivity index (χ1) is 10.9. The van der Waals surface area contributed by atoms with E-state index in [9.17, 15) is 13.2 Å². The van der Waals surface area contributed by atoms with Gasteiger partial charge in [-0.25, -0.2) is 8.42 Å². The summed E-state index contributed by atoms with van der Waals surface area (Å²) >= 11 is 0. The number of nitrogens with one attached hydrogen (secondary N) is 2. The highest BCUT2D eigenvalue weighted by Crippen LogP contribution is 2.17. The number of carbonyl (C=O) groups is 1. The van der Waals surface area contributed by atoms with Crippen molar-refractivity contribution in [2.24, 2.45) is 0 Å². The Kier molecular flexibility index (Phi) is 3.92. The van der Waals surface area contributed by atoms with Gasteiger partial charge < -0.3 is 10.3 Å². The van der Waals surface area contributed by atoms with Crippen LogP contribution in [0.5, 0.6) is 0 Å². The Morgan fingerprint density at radius 2 is 1.83 bits per heavy atom. The van der Waals surface area contributed by atoms with Gasteiger partial charge in [-0.1, -0.05) is 18.2 Å². The number of carbonyl (C=O) groups excluding carboxylic acids is 1. The summed E-state index contributed by atoms with van der Waals surface area (Å²) in [6.45, 7) is 0.337. The van der Waals surface area contributed by atoms with Crippen molar-refractivity contribution < 1.29 is 13.2 Å². The summed E-state index contributed by atoms with van der Waals surface area (Å²) in [6.07, 6.45) is 2.96. The molecule has 0 aliphatic carbocycles. The Balaban J connectivity index is 1.73. The van der Waals surface area contributed by atoms with E-state index >= 15 is 0 Å². The number of aromatic amines is 1. The molecule has 3 rings (SSSR count). The van der Waals surface area contributed by atoms with E-state index < -0.39 is 9.84 Å². The van der Waals surface area contributed by atoms with E-state index in [1.54, 1.807) is 36.5 Å². The van der Waals surface area contributed by atoms with Gasteiger partial charge in [-0.3, -0.25) is 4.79 Å². The van der Waals surface area contributed by atoms with E-state index in [1.165, 1.54) is 6.26 Å². The van der Waals surface area contributed by atoms with Gasteiger partial charge in [0, 0.05) is 35.5 Å². The van der Waals surface area contributed by atoms with Gasteiger partial charge in [0.05, 0.1) is 4.90 Å². The summed E-state index contributed by atoms with van der Waals surface area (Å²) in [7, 11) is -3.20. The second-order valence-corrected chi connectivity index (χ2v) is 7.36. The molecule has 0 aliphatic heterocycles. The summed E-state index contributed by atoms with van der Waals surface area (Å²) in [4.78, 5) is 15.7. The molecule has 5 nitrogen and oxygen atoms in total. The molecule has 0 fully saturated rings. The highest BCUT2D eigenvalue weighted by Gasteiger charge is 2.10. The Labute approximate surface area is 134 Å². The van der Waals surface area contributed by atoms with Crippen LogP contribution in [0, 0.1) is 0 Å². The molecule has 2 aromatic carbocycles. The predicted molar refractivity (Wildman–Crippen MR) is 89.0 cm³/mol. The third-order valence-electron chi connectivity index (χ3n) is 3.64. The number of benzene rings is 2. The summed E-state index contributed by atoms with van der Waals surface area (Å²) in [5.41, 5.74) is 2.36. The standard InChI is InChI=1S/C17H16N2O3S/c1-23(21,22)13-7-5-12(6-8-13)11-19-17(20)15-3-2-4-16-14(15)9-10-18-16/h2-10,18H,11H2,1H3,(H,19,20). The van der Waals surface area contributed by atoms with Gasteiger partial charge in [0.2, 0.25) is 0 Å². The first-order valence-electron chi connectivity index (χ1n) is 7.08. The first kappa shape index (κ1) is 15.3. The second-order valence-electron chi connectivity index (χ2n) is 5.34. The Hall–Kier alpha value is -2.60. The van der Waals surface area contributed by atoms with E-state index in [4.69, 9.17) is 0 Å². The Morgan fingerprint density at radius 3 is 2.52 bits per heavy atom. The SMILES string of the molecule is CS(=O)(=O)c1ccc(CNC(=O)c2cccc3[nH]ccc23)cc1. The smallest absolute Gasteiger partial charge is 0.252 e. The number of sulfone groups is 1. The minimum Gasteiger partial charge on any atom is -0.361 e. The van der Waals surface area contributed by atoms with Crippen LogP contribution in [0.2, 0.25) is 0 Å². The lowest BCUT2D eigenvalue weighted by Crippen LogP contribution is -2.22. The van der Waals surface area contributed by atoms with Gasteiger partial charge >= 0.3 is 0 Å². The largest absolute Gasteiger partial charge is 0.361 e. The van der Waals surface area contributed by atoms with Gasteiger partial charge in [0.1, 0.15) is 0 Å². The molecular weight excluding hydrogens is 312 g/mol. The second kappa shape index (κ2) is 5.89. The third-order valence-corrected chi connectivity index (χ3v) is 4.77. The molecule has 0 aliphatic rings. The number of hydrogen-bond acceptors (Lipinski definition) is 3. The van der Waals surface area contributed by atoms with Crippen LogP contribution in [-0.4, -0.2) is 25.6 Å². The van der Waals surface area contributed by atoms with E-state index in [2.05, 4.69) is 10.3 Å². The highest BCUT2D eigenvalue weighted by molar-refractivity contribution is 7.90. The van der Waals surface area contributed by atoms with Crippen LogP contribution < -0.4 is 5.32 Å². The quantitative estimate of drug-likeness (QED) is 0.772. The van der Waals surface area contributed by atoms with Crippen molar-refractivity contribution in [3.05, 3.63) is 65.9 Å². The highest BCUT2D eigenvalue weighted by atomic mass is 32.2. The maximum atomic E-state index is 12.3. The lowest BCUT2D eigenvalue weighted by molar-refractivity contribution is 0.0952. The number of H-pyrrole nitrogens is 1. The molecule has 0 unspecified atom stereocenters. The van der Waals surface area contributed by atoms with E-state index in [0.29, 0.717) is 12.1 Å². The first-order valence-corrected chi connectivity index (χ1v) is 8.97. The molecule has 0 spiro atoms. The van der Waals surface area contributed by atoms with Gasteiger partial charge in [-0.05, 0) is 35.9 Å². The van der Waals surface area contributed by atoms with Crippen molar-refractivity contribution in [2.45, 2.75) is 11.4 Å². The zero-order valence-corrected chi connectivity index (χ0v) is 13.4. The number of aromatic nitrogens is 1. The zero-order valence-electron chi connectivity index (χ0n) is 12.5. The molecule has 0 bridgehead atoms. The predicted octanol–water partition coefficient (Wildman–Crippen LogP) is 2.50. The monoisotopic (exact) mass is 328 g/mol. The summed E-state index contributed by atoms with van der Waals surface area (Å²) in [5.74, 6) is -0.164. The third kappa shape index (κ3) is 3.27. The van der Waals surface area contributed by atoms with Crippen LogP contribution in [0.4, 0.5) is 0 Å². The fourth-order valence-corrected chi connectivity index (χ4v) is 3.05. The molecule has 1 aromatic heterocycles. The number of amides is 1. The molecule has 1 amide bonds. The van der Waals surface area contributed by atoms with Crippen molar-refractivity contribution in [3.63, 3.8) is 0 Å². The molecule has 0 atom stereocenters. The van der Waals surface area contributed by atoms with Crippen LogP contribution in [0.15, 0.2) is 59.6 Å². The minimum atomic E-state index is -3.20. The van der Waals surface area contributed by atoms with Crippen LogP contribution in [0.25, 0.3) is 10.9 Å². The lowest BCUT2D eigenvalue weighted by Gasteiger charge is -2.07. The van der Waals surface area contributed by atoms with E-state index in [0.717, 1.165) is 16.5 Å². The van der Waals surface area contributed by atoms with Gasteiger partial charge in [0.25, 0.3) is 5.91 Å². The number of rotatable bonds is 4. The van der Waals surface area contributed by atoms with Gasteiger partial charge in [-0.2, -0.15) is 0 Å². The van der Waals surface area contributed by atoms with Crippen molar-refractivity contribution in [2.75, 3.05) is 6.26 Å². The summed E-state index contributed by atoms with van der Waals surface area (Å²) in [5, 5.41) is 3.73.